The summed E-state index contributed by atoms with van der Waals surface area (Å²) in [7, 11) is 0. The molecule has 120 valence electrons. The third-order valence-corrected chi connectivity index (χ3v) is 4.41. The summed E-state index contributed by atoms with van der Waals surface area (Å²) < 4.78 is 11.6. The van der Waals surface area contributed by atoms with Crippen molar-refractivity contribution in [2.45, 2.75) is 25.7 Å². The molecule has 0 saturated heterocycles. The Hall–Kier alpha value is -1.81. The first-order valence-corrected chi connectivity index (χ1v) is 9.06. The number of hydrogen-bond donors (Lipinski definition) is 0. The molecule has 0 fully saturated rings. The second-order valence-corrected chi connectivity index (χ2v) is 6.33. The van der Waals surface area contributed by atoms with Gasteiger partial charge in [0.15, 0.2) is 0 Å². The van der Waals surface area contributed by atoms with Crippen molar-refractivity contribution in [1.29, 1.82) is 0 Å². The molecule has 0 N–H and O–H groups in total. The fourth-order valence-electron chi connectivity index (χ4n) is 2.61. The number of fused-ring (bicyclic) bond motifs is 2. The highest BCUT2D eigenvalue weighted by Crippen LogP contribution is 2.23. The van der Waals surface area contributed by atoms with Gasteiger partial charge in [-0.15, -0.1) is 0 Å². The molecule has 1 heterocycles. The third-order valence-electron chi connectivity index (χ3n) is 3.85. The summed E-state index contributed by atoms with van der Waals surface area (Å²) in [6, 6.07) is 12.7. The van der Waals surface area contributed by atoms with Crippen molar-refractivity contribution in [2.75, 3.05) is 11.9 Å². The largest absolute Gasteiger partial charge is 0.493 e. The lowest BCUT2D eigenvalue weighted by atomic mass is 10.1. The molecule has 0 unspecified atom stereocenters. The first-order chi connectivity index (χ1) is 11.3. The Kier molecular flexibility index (Phi) is 5.34. The number of benzene rings is 2. The number of ether oxygens (including phenoxy) is 1. The van der Waals surface area contributed by atoms with E-state index in [1.165, 1.54) is 19.3 Å². The van der Waals surface area contributed by atoms with Crippen LogP contribution in [0.15, 0.2) is 51.7 Å². The molecule has 2 aromatic carbocycles. The van der Waals surface area contributed by atoms with E-state index in [1.54, 1.807) is 12.1 Å². The lowest BCUT2D eigenvalue weighted by Gasteiger charge is -2.07. The third kappa shape index (κ3) is 3.75. The molecule has 23 heavy (non-hydrogen) atoms. The Labute approximate surface area is 143 Å². The van der Waals surface area contributed by atoms with Gasteiger partial charge in [-0.05, 0) is 37.1 Å². The molecule has 3 nitrogen and oxygen atoms in total. The number of alkyl halides is 1. The summed E-state index contributed by atoms with van der Waals surface area (Å²) >= 11 is 3.43. The maximum Gasteiger partial charge on any atom is 0.200 e. The van der Waals surface area contributed by atoms with Crippen LogP contribution in [0.25, 0.3) is 21.9 Å². The van der Waals surface area contributed by atoms with Crippen molar-refractivity contribution in [2.24, 2.45) is 0 Å². The molecule has 4 heteroatoms. The predicted molar refractivity (Wildman–Crippen MR) is 97.7 cm³/mol. The molecule has 0 bridgehead atoms. The van der Waals surface area contributed by atoms with Gasteiger partial charge in [0.2, 0.25) is 5.43 Å². The van der Waals surface area contributed by atoms with E-state index >= 15 is 0 Å². The van der Waals surface area contributed by atoms with E-state index in [4.69, 9.17) is 9.15 Å². The number of rotatable bonds is 7. The van der Waals surface area contributed by atoms with Crippen molar-refractivity contribution < 1.29 is 9.15 Å². The van der Waals surface area contributed by atoms with Gasteiger partial charge in [-0.1, -0.05) is 40.9 Å². The minimum atomic E-state index is 0.00294. The van der Waals surface area contributed by atoms with Gasteiger partial charge in [0.05, 0.1) is 17.4 Å². The van der Waals surface area contributed by atoms with Crippen LogP contribution in [-0.2, 0) is 0 Å². The smallest absolute Gasteiger partial charge is 0.200 e. The number of hydrogen-bond acceptors (Lipinski definition) is 3. The van der Waals surface area contributed by atoms with Crippen molar-refractivity contribution in [3.05, 3.63) is 52.7 Å². The molecule has 1 aromatic heterocycles. The standard InChI is InChI=1S/C19H19BrO3/c20-11-5-1-2-6-12-22-14-9-10-16-18(13-14)23-17-8-4-3-7-15(17)19(16)21/h3-4,7-10,13H,1-2,5-6,11-12H2. The van der Waals surface area contributed by atoms with E-state index in [2.05, 4.69) is 15.9 Å². The zero-order valence-electron chi connectivity index (χ0n) is 12.9. The Morgan fingerprint density at radius 3 is 2.57 bits per heavy atom. The van der Waals surface area contributed by atoms with Crippen LogP contribution in [0.2, 0.25) is 0 Å². The van der Waals surface area contributed by atoms with Gasteiger partial charge in [-0.25, -0.2) is 0 Å². The molecule has 0 aliphatic carbocycles. The van der Waals surface area contributed by atoms with Crippen LogP contribution in [0.3, 0.4) is 0 Å². The Morgan fingerprint density at radius 2 is 1.70 bits per heavy atom. The topological polar surface area (TPSA) is 39.4 Å². The predicted octanol–water partition coefficient (Wildman–Crippen LogP) is 5.28. The van der Waals surface area contributed by atoms with Gasteiger partial charge in [0.1, 0.15) is 16.9 Å². The molecular weight excluding hydrogens is 356 g/mol. The second-order valence-electron chi connectivity index (χ2n) is 5.54. The molecule has 0 radical (unpaired) electrons. The zero-order chi connectivity index (χ0) is 16.1. The average molecular weight is 375 g/mol. The van der Waals surface area contributed by atoms with Crippen LogP contribution < -0.4 is 10.2 Å². The molecule has 0 saturated carbocycles. The van der Waals surface area contributed by atoms with Crippen molar-refractivity contribution in [3.8, 4) is 5.75 Å². The maximum absolute atomic E-state index is 12.5. The van der Waals surface area contributed by atoms with Gasteiger partial charge in [-0.3, -0.25) is 4.79 Å². The van der Waals surface area contributed by atoms with Crippen molar-refractivity contribution in [1.82, 2.24) is 0 Å². The lowest BCUT2D eigenvalue weighted by molar-refractivity contribution is 0.305. The average Bonchev–Trinajstić information content (AvgIpc) is 2.58. The van der Waals surface area contributed by atoms with E-state index in [9.17, 15) is 4.79 Å². The van der Waals surface area contributed by atoms with E-state index in [0.717, 1.165) is 17.5 Å². The maximum atomic E-state index is 12.5. The zero-order valence-corrected chi connectivity index (χ0v) is 14.5. The first kappa shape index (κ1) is 16.1. The highest BCUT2D eigenvalue weighted by atomic mass is 79.9. The summed E-state index contributed by atoms with van der Waals surface area (Å²) in [5, 5.41) is 2.26. The summed E-state index contributed by atoms with van der Waals surface area (Å²) in [6.45, 7) is 0.686. The fraction of sp³-hybridized carbons (Fsp3) is 0.316. The monoisotopic (exact) mass is 374 g/mol. The number of halogens is 1. The van der Waals surface area contributed by atoms with Crippen LogP contribution >= 0.6 is 15.9 Å². The molecule has 0 spiro atoms. The molecule has 0 atom stereocenters. The first-order valence-electron chi connectivity index (χ1n) is 7.94. The van der Waals surface area contributed by atoms with Crippen LogP contribution in [-0.4, -0.2) is 11.9 Å². The van der Waals surface area contributed by atoms with E-state index < -0.39 is 0 Å². The minimum absolute atomic E-state index is 0.00294. The van der Waals surface area contributed by atoms with Crippen molar-refractivity contribution in [3.63, 3.8) is 0 Å². The van der Waals surface area contributed by atoms with E-state index in [-0.39, 0.29) is 5.43 Å². The van der Waals surface area contributed by atoms with Gasteiger partial charge >= 0.3 is 0 Å². The molecule has 0 aliphatic heterocycles. The minimum Gasteiger partial charge on any atom is -0.493 e. The van der Waals surface area contributed by atoms with Crippen LogP contribution in [0.4, 0.5) is 0 Å². The Bertz CT molecular complexity index is 854. The molecule has 3 rings (SSSR count). The highest BCUT2D eigenvalue weighted by molar-refractivity contribution is 9.09. The quantitative estimate of drug-likeness (QED) is 0.320. The summed E-state index contributed by atoms with van der Waals surface area (Å²) in [5.74, 6) is 0.747. The molecule has 0 aliphatic rings. The van der Waals surface area contributed by atoms with Gasteiger partial charge in [0, 0.05) is 11.4 Å². The van der Waals surface area contributed by atoms with Gasteiger partial charge in [-0.2, -0.15) is 0 Å². The highest BCUT2D eigenvalue weighted by Gasteiger charge is 2.08. The Morgan fingerprint density at radius 1 is 0.913 bits per heavy atom. The van der Waals surface area contributed by atoms with Crippen LogP contribution in [0, 0.1) is 0 Å². The van der Waals surface area contributed by atoms with Gasteiger partial charge in [0.25, 0.3) is 0 Å². The SMILES string of the molecule is O=c1c2ccccc2oc2cc(OCCCCCCBr)ccc12. The van der Waals surface area contributed by atoms with Gasteiger partial charge < -0.3 is 9.15 Å². The lowest BCUT2D eigenvalue weighted by Crippen LogP contribution is -2.02. The van der Waals surface area contributed by atoms with Crippen molar-refractivity contribution >= 4 is 37.9 Å². The summed E-state index contributed by atoms with van der Waals surface area (Å²) in [5.41, 5.74) is 1.19. The number of para-hydroxylation sites is 1. The van der Waals surface area contributed by atoms with E-state index in [1.807, 2.05) is 30.3 Å². The molecular formula is C19H19BrO3. The summed E-state index contributed by atoms with van der Waals surface area (Å²) in [6.07, 6.45) is 4.62. The van der Waals surface area contributed by atoms with Crippen LogP contribution in [0.1, 0.15) is 25.7 Å². The summed E-state index contributed by atoms with van der Waals surface area (Å²) in [4.78, 5) is 12.5. The normalized spacial score (nSPS) is 11.2. The van der Waals surface area contributed by atoms with Crippen LogP contribution in [0.5, 0.6) is 5.75 Å². The molecule has 3 aromatic rings. The second kappa shape index (κ2) is 7.64. The fourth-order valence-corrected chi connectivity index (χ4v) is 3.01. The number of unbranched alkanes of at least 4 members (excludes halogenated alkanes) is 3. The Balaban J connectivity index is 1.76. The van der Waals surface area contributed by atoms with E-state index in [0.29, 0.717) is 28.5 Å². The molecule has 0 amide bonds.